The molecule has 1 atom stereocenters. The van der Waals surface area contributed by atoms with Gasteiger partial charge in [-0.25, -0.2) is 0 Å². The second-order valence-electron chi connectivity index (χ2n) is 4.56. The molecule has 0 amide bonds. The van der Waals surface area contributed by atoms with Crippen molar-refractivity contribution in [2.75, 3.05) is 20.3 Å². The fourth-order valence-electron chi connectivity index (χ4n) is 2.23. The summed E-state index contributed by atoms with van der Waals surface area (Å²) in [7, 11) is 1.67. The molecular weight excluding hydrogens is 230 g/mol. The summed E-state index contributed by atoms with van der Waals surface area (Å²) in [6.07, 6.45) is 1.08. The number of ether oxygens (including phenoxy) is 2. The van der Waals surface area contributed by atoms with Crippen LogP contribution in [0.4, 0.5) is 0 Å². The van der Waals surface area contributed by atoms with E-state index in [9.17, 15) is 0 Å². The van der Waals surface area contributed by atoms with Crippen LogP contribution in [0, 0.1) is 0 Å². The van der Waals surface area contributed by atoms with E-state index >= 15 is 0 Å². The van der Waals surface area contributed by atoms with Crippen LogP contribution in [-0.2, 0) is 11.3 Å². The lowest BCUT2D eigenvalue weighted by molar-refractivity contribution is 0.189. The van der Waals surface area contributed by atoms with Crippen molar-refractivity contribution in [2.24, 2.45) is 0 Å². The second-order valence-corrected chi connectivity index (χ2v) is 4.56. The van der Waals surface area contributed by atoms with Crippen LogP contribution in [0.15, 0.2) is 28.7 Å². The Bertz CT molecular complexity index is 529. The van der Waals surface area contributed by atoms with Gasteiger partial charge in [-0.1, -0.05) is 0 Å². The molecule has 0 saturated carbocycles. The minimum Gasteiger partial charge on any atom is -0.497 e. The average Bonchev–Trinajstić information content (AvgIpc) is 3.04. The zero-order chi connectivity index (χ0) is 12.4. The van der Waals surface area contributed by atoms with Gasteiger partial charge < -0.3 is 19.2 Å². The lowest BCUT2D eigenvalue weighted by Crippen LogP contribution is -2.28. The van der Waals surface area contributed by atoms with Crippen LogP contribution in [-0.4, -0.2) is 26.4 Å². The second kappa shape index (κ2) is 5.00. The number of furan rings is 1. The van der Waals surface area contributed by atoms with Gasteiger partial charge in [-0.3, -0.25) is 0 Å². The maximum absolute atomic E-state index is 5.77. The molecule has 1 aromatic heterocycles. The minimum atomic E-state index is 0.452. The molecular formula is C14H17NO3. The van der Waals surface area contributed by atoms with Crippen LogP contribution in [0.1, 0.15) is 12.2 Å². The summed E-state index contributed by atoms with van der Waals surface area (Å²) in [5.41, 5.74) is 0.898. The molecule has 0 radical (unpaired) electrons. The molecule has 0 spiro atoms. The van der Waals surface area contributed by atoms with Crippen molar-refractivity contribution in [1.29, 1.82) is 0 Å². The molecule has 18 heavy (non-hydrogen) atoms. The SMILES string of the molecule is COc1ccc2oc(CN[C@@H]3CCOC3)cc2c1. The summed E-state index contributed by atoms with van der Waals surface area (Å²) in [5, 5.41) is 4.52. The van der Waals surface area contributed by atoms with Crippen LogP contribution in [0.25, 0.3) is 11.0 Å². The summed E-state index contributed by atoms with van der Waals surface area (Å²) in [4.78, 5) is 0. The van der Waals surface area contributed by atoms with Gasteiger partial charge in [0.15, 0.2) is 0 Å². The number of fused-ring (bicyclic) bond motifs is 1. The van der Waals surface area contributed by atoms with Gasteiger partial charge in [0.2, 0.25) is 0 Å². The van der Waals surface area contributed by atoms with Gasteiger partial charge in [0, 0.05) is 18.0 Å². The molecule has 0 aliphatic carbocycles. The Kier molecular flexibility index (Phi) is 3.21. The third kappa shape index (κ3) is 2.35. The fraction of sp³-hybridized carbons (Fsp3) is 0.429. The van der Waals surface area contributed by atoms with E-state index in [0.29, 0.717) is 6.04 Å². The monoisotopic (exact) mass is 247 g/mol. The van der Waals surface area contributed by atoms with Gasteiger partial charge in [-0.05, 0) is 30.7 Å². The molecule has 1 aromatic carbocycles. The van der Waals surface area contributed by atoms with Crippen LogP contribution in [0.5, 0.6) is 5.75 Å². The standard InChI is InChI=1S/C14H17NO3/c1-16-12-2-3-14-10(6-12)7-13(18-14)8-15-11-4-5-17-9-11/h2-3,6-7,11,15H,4-5,8-9H2,1H3/t11-/m1/s1. The lowest BCUT2D eigenvalue weighted by Gasteiger charge is -2.07. The molecule has 96 valence electrons. The number of benzene rings is 1. The Morgan fingerprint density at radius 2 is 2.33 bits per heavy atom. The van der Waals surface area contributed by atoms with Crippen molar-refractivity contribution in [3.63, 3.8) is 0 Å². The zero-order valence-electron chi connectivity index (χ0n) is 10.4. The Labute approximate surface area is 106 Å². The van der Waals surface area contributed by atoms with E-state index in [1.54, 1.807) is 7.11 Å². The summed E-state index contributed by atoms with van der Waals surface area (Å²) in [6.45, 7) is 2.40. The van der Waals surface area contributed by atoms with Crippen LogP contribution in [0.2, 0.25) is 0 Å². The van der Waals surface area contributed by atoms with E-state index in [0.717, 1.165) is 48.7 Å². The molecule has 4 nitrogen and oxygen atoms in total. The molecule has 2 aromatic rings. The van der Waals surface area contributed by atoms with E-state index in [-0.39, 0.29) is 0 Å². The highest BCUT2D eigenvalue weighted by Crippen LogP contribution is 2.24. The number of methoxy groups -OCH3 is 1. The Balaban J connectivity index is 1.72. The minimum absolute atomic E-state index is 0.452. The van der Waals surface area contributed by atoms with Crippen LogP contribution < -0.4 is 10.1 Å². The lowest BCUT2D eigenvalue weighted by atomic mass is 10.2. The van der Waals surface area contributed by atoms with Gasteiger partial charge >= 0.3 is 0 Å². The normalized spacial score (nSPS) is 19.5. The summed E-state index contributed by atoms with van der Waals surface area (Å²) >= 11 is 0. The summed E-state index contributed by atoms with van der Waals surface area (Å²) < 4.78 is 16.3. The Hall–Kier alpha value is -1.52. The molecule has 1 saturated heterocycles. The quantitative estimate of drug-likeness (QED) is 0.900. The van der Waals surface area contributed by atoms with E-state index in [1.165, 1.54) is 0 Å². The Morgan fingerprint density at radius 1 is 1.39 bits per heavy atom. The first kappa shape index (κ1) is 11.6. The number of rotatable bonds is 4. The molecule has 1 fully saturated rings. The highest BCUT2D eigenvalue weighted by molar-refractivity contribution is 5.79. The van der Waals surface area contributed by atoms with Gasteiger partial charge in [0.05, 0.1) is 20.3 Å². The molecule has 2 heterocycles. The van der Waals surface area contributed by atoms with Crippen molar-refractivity contribution >= 4 is 11.0 Å². The largest absolute Gasteiger partial charge is 0.497 e. The predicted octanol–water partition coefficient (Wildman–Crippen LogP) is 2.32. The summed E-state index contributed by atoms with van der Waals surface area (Å²) in [6, 6.07) is 8.35. The van der Waals surface area contributed by atoms with E-state index in [2.05, 4.69) is 11.4 Å². The van der Waals surface area contributed by atoms with E-state index in [4.69, 9.17) is 13.9 Å². The van der Waals surface area contributed by atoms with Crippen molar-refractivity contribution in [3.05, 3.63) is 30.0 Å². The van der Waals surface area contributed by atoms with Crippen LogP contribution >= 0.6 is 0 Å². The smallest absolute Gasteiger partial charge is 0.134 e. The molecule has 0 unspecified atom stereocenters. The molecule has 1 aliphatic rings. The van der Waals surface area contributed by atoms with Crippen molar-refractivity contribution in [3.8, 4) is 5.75 Å². The van der Waals surface area contributed by atoms with Crippen LogP contribution in [0.3, 0.4) is 0 Å². The maximum atomic E-state index is 5.77. The number of hydrogen-bond donors (Lipinski definition) is 1. The molecule has 3 rings (SSSR count). The van der Waals surface area contributed by atoms with Crippen molar-refractivity contribution in [2.45, 2.75) is 19.0 Å². The van der Waals surface area contributed by atoms with Gasteiger partial charge in [-0.15, -0.1) is 0 Å². The summed E-state index contributed by atoms with van der Waals surface area (Å²) in [5.74, 6) is 1.80. The molecule has 4 heteroatoms. The molecule has 1 N–H and O–H groups in total. The van der Waals surface area contributed by atoms with Crippen molar-refractivity contribution in [1.82, 2.24) is 5.32 Å². The first-order valence-corrected chi connectivity index (χ1v) is 6.23. The van der Waals surface area contributed by atoms with E-state index in [1.807, 2.05) is 18.2 Å². The van der Waals surface area contributed by atoms with Gasteiger partial charge in [0.25, 0.3) is 0 Å². The topological polar surface area (TPSA) is 43.6 Å². The third-order valence-corrected chi connectivity index (χ3v) is 3.27. The first-order chi connectivity index (χ1) is 8.85. The van der Waals surface area contributed by atoms with Gasteiger partial charge in [-0.2, -0.15) is 0 Å². The average molecular weight is 247 g/mol. The third-order valence-electron chi connectivity index (χ3n) is 3.27. The van der Waals surface area contributed by atoms with Gasteiger partial charge in [0.1, 0.15) is 17.1 Å². The highest BCUT2D eigenvalue weighted by Gasteiger charge is 2.15. The molecule has 1 aliphatic heterocycles. The predicted molar refractivity (Wildman–Crippen MR) is 68.8 cm³/mol. The zero-order valence-corrected chi connectivity index (χ0v) is 10.4. The number of nitrogens with one attached hydrogen (secondary N) is 1. The fourth-order valence-corrected chi connectivity index (χ4v) is 2.23. The first-order valence-electron chi connectivity index (χ1n) is 6.23. The van der Waals surface area contributed by atoms with Crippen molar-refractivity contribution < 1.29 is 13.9 Å². The molecule has 0 bridgehead atoms. The Morgan fingerprint density at radius 3 is 3.11 bits per heavy atom. The highest BCUT2D eigenvalue weighted by atomic mass is 16.5. The maximum Gasteiger partial charge on any atom is 0.134 e. The van der Waals surface area contributed by atoms with E-state index < -0.39 is 0 Å². The number of hydrogen-bond acceptors (Lipinski definition) is 4.